The molecule has 20 heavy (non-hydrogen) atoms. The highest BCUT2D eigenvalue weighted by molar-refractivity contribution is 5.94. The van der Waals surface area contributed by atoms with Crippen molar-refractivity contribution >= 4 is 5.91 Å². The Labute approximate surface area is 121 Å². The molecule has 1 rings (SSSR count). The van der Waals surface area contributed by atoms with Crippen LogP contribution in [-0.2, 0) is 16.1 Å². The summed E-state index contributed by atoms with van der Waals surface area (Å²) in [6.45, 7) is 6.69. The first kappa shape index (κ1) is 16.7. The van der Waals surface area contributed by atoms with Gasteiger partial charge in [-0.1, -0.05) is 26.0 Å². The Kier molecular flexibility index (Phi) is 7.26. The number of nitrogens with zero attached hydrogens (tertiary/aromatic N) is 1. The maximum absolute atomic E-state index is 12.5. The van der Waals surface area contributed by atoms with Crippen molar-refractivity contribution in [3.63, 3.8) is 0 Å². The summed E-state index contributed by atoms with van der Waals surface area (Å²) in [5.74, 6) is 0.489. The van der Waals surface area contributed by atoms with E-state index in [0.29, 0.717) is 31.2 Å². The van der Waals surface area contributed by atoms with Gasteiger partial charge in [-0.05, 0) is 23.6 Å². The van der Waals surface area contributed by atoms with Gasteiger partial charge < -0.3 is 14.4 Å². The van der Waals surface area contributed by atoms with Gasteiger partial charge in [-0.3, -0.25) is 4.79 Å². The molecule has 0 aliphatic heterocycles. The van der Waals surface area contributed by atoms with Crippen molar-refractivity contribution < 1.29 is 14.3 Å². The lowest BCUT2D eigenvalue weighted by Gasteiger charge is -2.24. The number of methoxy groups -OCH3 is 2. The van der Waals surface area contributed by atoms with Gasteiger partial charge >= 0.3 is 0 Å². The third kappa shape index (κ3) is 5.31. The lowest BCUT2D eigenvalue weighted by atomic mass is 10.1. The molecule has 0 heterocycles. The largest absolute Gasteiger partial charge is 0.383 e. The van der Waals surface area contributed by atoms with Crippen LogP contribution in [0.3, 0.4) is 0 Å². The monoisotopic (exact) mass is 279 g/mol. The molecule has 0 bridgehead atoms. The summed E-state index contributed by atoms with van der Waals surface area (Å²) in [6, 6.07) is 7.58. The minimum atomic E-state index is 0.0553. The lowest BCUT2D eigenvalue weighted by molar-refractivity contribution is 0.0672. The van der Waals surface area contributed by atoms with Crippen LogP contribution in [-0.4, -0.2) is 44.7 Å². The molecule has 0 fully saturated rings. The van der Waals surface area contributed by atoms with Gasteiger partial charge in [0.25, 0.3) is 5.91 Å². The molecule has 0 aromatic heterocycles. The van der Waals surface area contributed by atoms with Gasteiger partial charge in [0.15, 0.2) is 0 Å². The van der Waals surface area contributed by atoms with Crippen LogP contribution in [0.25, 0.3) is 0 Å². The lowest BCUT2D eigenvalue weighted by Crippen LogP contribution is -2.36. The van der Waals surface area contributed by atoms with Gasteiger partial charge in [-0.15, -0.1) is 0 Å². The Morgan fingerprint density at radius 2 is 1.80 bits per heavy atom. The number of carbonyl (C=O) groups is 1. The molecule has 0 atom stereocenters. The second-order valence-electron chi connectivity index (χ2n) is 5.27. The summed E-state index contributed by atoms with van der Waals surface area (Å²) in [5.41, 5.74) is 1.78. The fraction of sp³-hybridized carbons (Fsp3) is 0.562. The standard InChI is InChI=1S/C16H25NO3/c1-13(2)11-17(9-10-19-3)16(18)15-7-5-14(6-8-15)12-20-4/h5-8,13H,9-12H2,1-4H3. The second kappa shape index (κ2) is 8.72. The first-order valence-corrected chi connectivity index (χ1v) is 6.94. The first-order valence-electron chi connectivity index (χ1n) is 6.94. The number of carbonyl (C=O) groups excluding carboxylic acids is 1. The Balaban J connectivity index is 2.76. The van der Waals surface area contributed by atoms with E-state index in [1.807, 2.05) is 29.2 Å². The molecule has 0 aliphatic carbocycles. The van der Waals surface area contributed by atoms with E-state index < -0.39 is 0 Å². The van der Waals surface area contributed by atoms with Crippen molar-refractivity contribution in [1.29, 1.82) is 0 Å². The molecule has 4 nitrogen and oxygen atoms in total. The number of benzene rings is 1. The zero-order chi connectivity index (χ0) is 15.0. The Bertz CT molecular complexity index is 401. The molecule has 1 amide bonds. The van der Waals surface area contributed by atoms with E-state index in [1.165, 1.54) is 0 Å². The van der Waals surface area contributed by atoms with E-state index >= 15 is 0 Å². The van der Waals surface area contributed by atoms with E-state index in [4.69, 9.17) is 9.47 Å². The maximum atomic E-state index is 12.5. The first-order chi connectivity index (χ1) is 9.58. The molecular formula is C16H25NO3. The van der Waals surface area contributed by atoms with Crippen LogP contribution >= 0.6 is 0 Å². The molecule has 4 heteroatoms. The van der Waals surface area contributed by atoms with Crippen molar-refractivity contribution in [1.82, 2.24) is 4.90 Å². The third-order valence-corrected chi connectivity index (χ3v) is 2.95. The van der Waals surface area contributed by atoms with Crippen LogP contribution < -0.4 is 0 Å². The minimum absolute atomic E-state index is 0.0553. The fourth-order valence-electron chi connectivity index (χ4n) is 2.01. The maximum Gasteiger partial charge on any atom is 0.253 e. The van der Waals surface area contributed by atoms with Gasteiger partial charge in [0.05, 0.1) is 13.2 Å². The molecule has 0 saturated carbocycles. The zero-order valence-corrected chi connectivity index (χ0v) is 12.9. The van der Waals surface area contributed by atoms with E-state index in [2.05, 4.69) is 13.8 Å². The number of ether oxygens (including phenoxy) is 2. The van der Waals surface area contributed by atoms with Crippen molar-refractivity contribution in [2.75, 3.05) is 33.9 Å². The zero-order valence-electron chi connectivity index (χ0n) is 12.9. The second-order valence-corrected chi connectivity index (χ2v) is 5.27. The number of hydrogen-bond acceptors (Lipinski definition) is 3. The number of rotatable bonds is 8. The predicted molar refractivity (Wildman–Crippen MR) is 79.8 cm³/mol. The summed E-state index contributed by atoms with van der Waals surface area (Å²) >= 11 is 0. The summed E-state index contributed by atoms with van der Waals surface area (Å²) in [5, 5.41) is 0. The fourth-order valence-corrected chi connectivity index (χ4v) is 2.01. The number of hydrogen-bond donors (Lipinski definition) is 0. The van der Waals surface area contributed by atoms with Gasteiger partial charge in [-0.25, -0.2) is 0 Å². The van der Waals surface area contributed by atoms with Crippen molar-refractivity contribution in [2.45, 2.75) is 20.5 Å². The molecule has 0 unspecified atom stereocenters. The van der Waals surface area contributed by atoms with Crippen LogP contribution in [0.4, 0.5) is 0 Å². The van der Waals surface area contributed by atoms with E-state index in [0.717, 1.165) is 12.1 Å². The predicted octanol–water partition coefficient (Wildman–Crippen LogP) is 2.58. The summed E-state index contributed by atoms with van der Waals surface area (Å²) in [7, 11) is 3.31. The smallest absolute Gasteiger partial charge is 0.253 e. The van der Waals surface area contributed by atoms with Crippen LogP contribution in [0.15, 0.2) is 24.3 Å². The molecule has 112 valence electrons. The van der Waals surface area contributed by atoms with Gasteiger partial charge in [-0.2, -0.15) is 0 Å². The van der Waals surface area contributed by atoms with Crippen LogP contribution in [0.1, 0.15) is 29.8 Å². The summed E-state index contributed by atoms with van der Waals surface area (Å²) < 4.78 is 10.2. The molecule has 0 N–H and O–H groups in total. The average Bonchev–Trinajstić information content (AvgIpc) is 2.43. The molecule has 1 aromatic rings. The topological polar surface area (TPSA) is 38.8 Å². The van der Waals surface area contributed by atoms with E-state index in [1.54, 1.807) is 14.2 Å². The van der Waals surface area contributed by atoms with Crippen molar-refractivity contribution in [3.05, 3.63) is 35.4 Å². The van der Waals surface area contributed by atoms with Crippen LogP contribution in [0.5, 0.6) is 0 Å². The number of amides is 1. The third-order valence-electron chi connectivity index (χ3n) is 2.95. The minimum Gasteiger partial charge on any atom is -0.383 e. The molecular weight excluding hydrogens is 254 g/mol. The summed E-state index contributed by atoms with van der Waals surface area (Å²) in [6.07, 6.45) is 0. The average molecular weight is 279 g/mol. The van der Waals surface area contributed by atoms with Crippen LogP contribution in [0.2, 0.25) is 0 Å². The normalized spacial score (nSPS) is 10.8. The molecule has 0 spiro atoms. The highest BCUT2D eigenvalue weighted by Gasteiger charge is 2.16. The van der Waals surface area contributed by atoms with Gasteiger partial charge in [0, 0.05) is 32.9 Å². The van der Waals surface area contributed by atoms with Crippen LogP contribution in [0, 0.1) is 5.92 Å². The van der Waals surface area contributed by atoms with Crippen molar-refractivity contribution in [2.24, 2.45) is 5.92 Å². The Morgan fingerprint density at radius 1 is 1.15 bits per heavy atom. The van der Waals surface area contributed by atoms with E-state index in [-0.39, 0.29) is 5.91 Å². The molecule has 0 aliphatic rings. The Morgan fingerprint density at radius 3 is 2.30 bits per heavy atom. The van der Waals surface area contributed by atoms with E-state index in [9.17, 15) is 4.79 Å². The highest BCUT2D eigenvalue weighted by Crippen LogP contribution is 2.10. The quantitative estimate of drug-likeness (QED) is 0.734. The van der Waals surface area contributed by atoms with Gasteiger partial charge in [0.2, 0.25) is 0 Å². The highest BCUT2D eigenvalue weighted by atomic mass is 16.5. The van der Waals surface area contributed by atoms with Crippen molar-refractivity contribution in [3.8, 4) is 0 Å². The molecule has 1 aromatic carbocycles. The molecule has 0 saturated heterocycles. The van der Waals surface area contributed by atoms with Gasteiger partial charge in [0.1, 0.15) is 0 Å². The summed E-state index contributed by atoms with van der Waals surface area (Å²) in [4.78, 5) is 14.3. The SMILES string of the molecule is COCCN(CC(C)C)C(=O)c1ccc(COC)cc1. The molecule has 0 radical (unpaired) electrons. The Hall–Kier alpha value is -1.39.